The van der Waals surface area contributed by atoms with Crippen molar-refractivity contribution < 1.29 is 26.0 Å². The number of rotatable bonds is 5. The summed E-state index contributed by atoms with van der Waals surface area (Å²) in [5.74, 6) is 0.878. The van der Waals surface area contributed by atoms with Crippen LogP contribution in [0.4, 0.5) is 19.0 Å². The molecule has 0 saturated carbocycles. The lowest BCUT2D eigenvalue weighted by atomic mass is 10.2. The number of alkyl halides is 3. The van der Waals surface area contributed by atoms with Crippen LogP contribution in [0.25, 0.3) is 0 Å². The maximum Gasteiger partial charge on any atom is 0.417 e. The number of sulfonamides is 1. The second-order valence-electron chi connectivity index (χ2n) is 7.62. The summed E-state index contributed by atoms with van der Waals surface area (Å²) in [6.07, 6.45) is -1.99. The van der Waals surface area contributed by atoms with Crippen LogP contribution in [0.2, 0.25) is 5.02 Å². The molecule has 0 aliphatic carbocycles. The van der Waals surface area contributed by atoms with Crippen LogP contribution in [0.15, 0.2) is 33.9 Å². The van der Waals surface area contributed by atoms with E-state index in [0.717, 1.165) is 25.1 Å². The van der Waals surface area contributed by atoms with E-state index in [1.54, 1.807) is 6.07 Å². The standard InChI is InChI=1S/C19H22ClF3N4O3S/c20-16-11-14(19(21,22)23)12-24-18(16)26-9-7-25(8-10-26)13-15-3-4-17(30-15)31(28,29)27-5-1-2-6-27/h3-4,11-12H,1-2,5-10,13H2. The predicted molar refractivity (Wildman–Crippen MR) is 108 cm³/mol. The topological polar surface area (TPSA) is 69.9 Å². The number of piperazine rings is 1. The van der Waals surface area contributed by atoms with Gasteiger partial charge in [-0.25, -0.2) is 13.4 Å². The minimum Gasteiger partial charge on any atom is -0.447 e. The molecular formula is C19H22ClF3N4O3S. The lowest BCUT2D eigenvalue weighted by Gasteiger charge is -2.35. The van der Waals surface area contributed by atoms with Gasteiger partial charge in [0.15, 0.2) is 0 Å². The van der Waals surface area contributed by atoms with Crippen molar-refractivity contribution in [3.63, 3.8) is 0 Å². The third kappa shape index (κ3) is 4.84. The highest BCUT2D eigenvalue weighted by Crippen LogP contribution is 2.34. The van der Waals surface area contributed by atoms with Crippen molar-refractivity contribution in [2.24, 2.45) is 0 Å². The fourth-order valence-corrected chi connectivity index (χ4v) is 5.53. The third-order valence-corrected chi connectivity index (χ3v) is 7.55. The number of nitrogens with zero attached hydrogens (tertiary/aromatic N) is 4. The van der Waals surface area contributed by atoms with Crippen molar-refractivity contribution in [1.29, 1.82) is 0 Å². The summed E-state index contributed by atoms with van der Waals surface area (Å²) in [5.41, 5.74) is -0.877. The Morgan fingerprint density at radius 1 is 1.06 bits per heavy atom. The van der Waals surface area contributed by atoms with Gasteiger partial charge in [-0.3, -0.25) is 4.90 Å². The van der Waals surface area contributed by atoms with Gasteiger partial charge in [-0.15, -0.1) is 0 Å². The van der Waals surface area contributed by atoms with Gasteiger partial charge in [0.05, 0.1) is 17.1 Å². The molecule has 12 heteroatoms. The Kier molecular flexibility index (Phi) is 6.21. The fourth-order valence-electron chi connectivity index (χ4n) is 3.79. The van der Waals surface area contributed by atoms with Gasteiger partial charge in [0.1, 0.15) is 11.6 Å². The van der Waals surface area contributed by atoms with E-state index < -0.39 is 21.8 Å². The van der Waals surface area contributed by atoms with Crippen LogP contribution in [0, 0.1) is 0 Å². The van der Waals surface area contributed by atoms with Gasteiger partial charge in [0.25, 0.3) is 10.0 Å². The van der Waals surface area contributed by atoms with E-state index in [1.807, 2.05) is 4.90 Å². The van der Waals surface area contributed by atoms with E-state index in [2.05, 4.69) is 9.88 Å². The molecule has 0 bridgehead atoms. The van der Waals surface area contributed by atoms with Crippen molar-refractivity contribution >= 4 is 27.4 Å². The lowest BCUT2D eigenvalue weighted by Crippen LogP contribution is -2.46. The van der Waals surface area contributed by atoms with E-state index in [0.29, 0.717) is 57.4 Å². The molecule has 2 fully saturated rings. The molecule has 4 rings (SSSR count). The Hall–Kier alpha value is -1.82. The van der Waals surface area contributed by atoms with E-state index in [1.165, 1.54) is 10.4 Å². The molecule has 0 spiro atoms. The van der Waals surface area contributed by atoms with Crippen molar-refractivity contribution in [3.8, 4) is 0 Å². The number of pyridine rings is 1. The van der Waals surface area contributed by atoms with Crippen LogP contribution in [-0.2, 0) is 22.7 Å². The largest absolute Gasteiger partial charge is 0.447 e. The van der Waals surface area contributed by atoms with Crippen LogP contribution < -0.4 is 4.90 Å². The molecule has 7 nitrogen and oxygen atoms in total. The molecule has 2 aromatic rings. The van der Waals surface area contributed by atoms with Gasteiger partial charge in [-0.1, -0.05) is 11.6 Å². The molecule has 170 valence electrons. The van der Waals surface area contributed by atoms with E-state index in [9.17, 15) is 21.6 Å². The van der Waals surface area contributed by atoms with Crippen LogP contribution in [0.3, 0.4) is 0 Å². The maximum absolute atomic E-state index is 12.8. The number of halogens is 4. The number of anilines is 1. The molecule has 0 radical (unpaired) electrons. The first kappa shape index (κ1) is 22.4. The number of hydrogen-bond donors (Lipinski definition) is 0. The van der Waals surface area contributed by atoms with E-state index in [-0.39, 0.29) is 10.1 Å². The van der Waals surface area contributed by atoms with Gasteiger partial charge >= 0.3 is 6.18 Å². The monoisotopic (exact) mass is 478 g/mol. The predicted octanol–water partition coefficient (Wildman–Crippen LogP) is 3.45. The van der Waals surface area contributed by atoms with Crippen LogP contribution >= 0.6 is 11.6 Å². The molecule has 2 aliphatic heterocycles. The molecule has 0 atom stereocenters. The molecule has 0 unspecified atom stereocenters. The fraction of sp³-hybridized carbons (Fsp3) is 0.526. The average molecular weight is 479 g/mol. The summed E-state index contributed by atoms with van der Waals surface area (Å²) in [5, 5.41) is -0.0742. The lowest BCUT2D eigenvalue weighted by molar-refractivity contribution is -0.137. The number of furan rings is 1. The molecule has 0 aromatic carbocycles. The second kappa shape index (κ2) is 8.61. The Morgan fingerprint density at radius 2 is 1.74 bits per heavy atom. The second-order valence-corrected chi connectivity index (χ2v) is 9.90. The van der Waals surface area contributed by atoms with Crippen molar-refractivity contribution in [1.82, 2.24) is 14.2 Å². The molecule has 0 N–H and O–H groups in total. The molecule has 2 saturated heterocycles. The first-order valence-electron chi connectivity index (χ1n) is 9.93. The summed E-state index contributed by atoms with van der Waals surface area (Å²) in [6.45, 7) is 3.73. The van der Waals surface area contributed by atoms with Crippen LogP contribution in [0.5, 0.6) is 0 Å². The van der Waals surface area contributed by atoms with Gasteiger partial charge in [0.2, 0.25) is 5.09 Å². The van der Waals surface area contributed by atoms with Gasteiger partial charge in [-0.2, -0.15) is 17.5 Å². The highest BCUT2D eigenvalue weighted by molar-refractivity contribution is 7.89. The van der Waals surface area contributed by atoms with Crippen LogP contribution in [-0.4, -0.2) is 61.9 Å². The first-order valence-corrected chi connectivity index (χ1v) is 11.8. The first-order chi connectivity index (χ1) is 14.6. The molecular weight excluding hydrogens is 457 g/mol. The van der Waals surface area contributed by atoms with Crippen LogP contribution in [0.1, 0.15) is 24.2 Å². The van der Waals surface area contributed by atoms with Crippen molar-refractivity contribution in [3.05, 3.63) is 40.7 Å². The number of aromatic nitrogens is 1. The third-order valence-electron chi connectivity index (χ3n) is 5.50. The minimum absolute atomic E-state index is 0.0360. The molecule has 4 heterocycles. The summed E-state index contributed by atoms with van der Waals surface area (Å²) >= 11 is 6.04. The highest BCUT2D eigenvalue weighted by Gasteiger charge is 2.33. The SMILES string of the molecule is O=S(=O)(c1ccc(CN2CCN(c3ncc(C(F)(F)F)cc3Cl)CC2)o1)N1CCCC1. The molecule has 2 aliphatic rings. The zero-order chi connectivity index (χ0) is 22.2. The molecule has 2 aromatic heterocycles. The summed E-state index contributed by atoms with van der Waals surface area (Å²) < 4.78 is 70.6. The van der Waals surface area contributed by atoms with Gasteiger partial charge < -0.3 is 9.32 Å². The Labute approximate surface area is 183 Å². The Bertz CT molecular complexity index is 1030. The van der Waals surface area contributed by atoms with Gasteiger partial charge in [0, 0.05) is 45.5 Å². The van der Waals surface area contributed by atoms with E-state index in [4.69, 9.17) is 16.0 Å². The Balaban J connectivity index is 1.35. The van der Waals surface area contributed by atoms with Crippen molar-refractivity contribution in [2.45, 2.75) is 30.7 Å². The highest BCUT2D eigenvalue weighted by atomic mass is 35.5. The molecule has 31 heavy (non-hydrogen) atoms. The molecule has 0 amide bonds. The summed E-state index contributed by atoms with van der Waals surface area (Å²) in [4.78, 5) is 7.83. The van der Waals surface area contributed by atoms with Crippen molar-refractivity contribution in [2.75, 3.05) is 44.2 Å². The normalized spacial score (nSPS) is 19.3. The van der Waals surface area contributed by atoms with Gasteiger partial charge in [-0.05, 0) is 31.0 Å². The average Bonchev–Trinajstić information content (AvgIpc) is 3.41. The summed E-state index contributed by atoms with van der Waals surface area (Å²) in [6, 6.07) is 4.05. The van der Waals surface area contributed by atoms with E-state index >= 15 is 0 Å². The zero-order valence-electron chi connectivity index (χ0n) is 16.6. The smallest absolute Gasteiger partial charge is 0.417 e. The summed E-state index contributed by atoms with van der Waals surface area (Å²) in [7, 11) is -3.59. The zero-order valence-corrected chi connectivity index (χ0v) is 18.2. The maximum atomic E-state index is 12.8. The quantitative estimate of drug-likeness (QED) is 0.655. The number of hydrogen-bond acceptors (Lipinski definition) is 6. The Morgan fingerprint density at radius 3 is 2.35 bits per heavy atom. The minimum atomic E-state index is -4.49.